The maximum absolute atomic E-state index is 5.76. The first kappa shape index (κ1) is 11.0. The molecule has 1 saturated heterocycles. The molecule has 0 unspecified atom stereocenters. The summed E-state index contributed by atoms with van der Waals surface area (Å²) < 4.78 is 11.5. The van der Waals surface area contributed by atoms with E-state index in [1.165, 1.54) is 0 Å². The number of rotatable bonds is 1. The SMILES string of the molecule is CC1=NOC2(COC(C3=CCCC=C3)OC2)C1. The number of ether oxygens (including phenoxy) is 2. The van der Waals surface area contributed by atoms with E-state index in [9.17, 15) is 0 Å². The van der Waals surface area contributed by atoms with E-state index in [0.29, 0.717) is 13.2 Å². The highest BCUT2D eigenvalue weighted by molar-refractivity contribution is 5.83. The van der Waals surface area contributed by atoms with E-state index >= 15 is 0 Å². The quantitative estimate of drug-likeness (QED) is 0.699. The van der Waals surface area contributed by atoms with Crippen LogP contribution in [0, 0.1) is 0 Å². The molecule has 0 bridgehead atoms. The second kappa shape index (κ2) is 4.27. The van der Waals surface area contributed by atoms with Crippen molar-refractivity contribution in [2.45, 2.75) is 38.1 Å². The lowest BCUT2D eigenvalue weighted by Crippen LogP contribution is -2.47. The van der Waals surface area contributed by atoms with E-state index < -0.39 is 0 Å². The molecule has 4 nitrogen and oxygen atoms in total. The average molecular weight is 235 g/mol. The van der Waals surface area contributed by atoms with Gasteiger partial charge in [0.15, 0.2) is 11.9 Å². The van der Waals surface area contributed by atoms with Crippen LogP contribution in [0.15, 0.2) is 29.0 Å². The zero-order chi connectivity index (χ0) is 11.7. The van der Waals surface area contributed by atoms with E-state index in [1.54, 1.807) is 0 Å². The Bertz CT molecular complexity index is 389. The molecule has 0 aromatic heterocycles. The van der Waals surface area contributed by atoms with Gasteiger partial charge in [0.1, 0.15) is 0 Å². The molecule has 3 rings (SSSR count). The lowest BCUT2D eigenvalue weighted by Gasteiger charge is -2.35. The number of hydrogen-bond acceptors (Lipinski definition) is 4. The third-order valence-electron chi connectivity index (χ3n) is 3.26. The van der Waals surface area contributed by atoms with Gasteiger partial charge in [0.25, 0.3) is 0 Å². The molecule has 3 aliphatic rings. The van der Waals surface area contributed by atoms with Crippen LogP contribution in [0.4, 0.5) is 0 Å². The topological polar surface area (TPSA) is 40.0 Å². The van der Waals surface area contributed by atoms with Crippen LogP contribution >= 0.6 is 0 Å². The van der Waals surface area contributed by atoms with Crippen LogP contribution in [0.25, 0.3) is 0 Å². The van der Waals surface area contributed by atoms with Crippen LogP contribution in [-0.4, -0.2) is 30.8 Å². The highest BCUT2D eigenvalue weighted by atomic mass is 16.7. The first-order chi connectivity index (χ1) is 8.27. The maximum atomic E-state index is 5.76. The molecule has 1 aliphatic carbocycles. The molecule has 2 aliphatic heterocycles. The Morgan fingerprint density at radius 2 is 2.12 bits per heavy atom. The molecule has 0 saturated carbocycles. The maximum Gasteiger partial charge on any atom is 0.189 e. The van der Waals surface area contributed by atoms with Gasteiger partial charge in [0.05, 0.1) is 18.9 Å². The van der Waals surface area contributed by atoms with Gasteiger partial charge in [-0.25, -0.2) is 0 Å². The van der Waals surface area contributed by atoms with Gasteiger partial charge in [-0.3, -0.25) is 0 Å². The number of nitrogens with zero attached hydrogens (tertiary/aromatic N) is 1. The number of hydrogen-bond donors (Lipinski definition) is 0. The summed E-state index contributed by atoms with van der Waals surface area (Å²) in [6.07, 6.45) is 9.17. The number of allylic oxidation sites excluding steroid dienone is 2. The molecular formula is C13H17NO3. The minimum absolute atomic E-state index is 0.235. The molecule has 1 spiro atoms. The van der Waals surface area contributed by atoms with Crippen LogP contribution in [0.5, 0.6) is 0 Å². The fraction of sp³-hybridized carbons (Fsp3) is 0.615. The van der Waals surface area contributed by atoms with Gasteiger partial charge in [-0.15, -0.1) is 0 Å². The fourth-order valence-electron chi connectivity index (χ4n) is 2.41. The smallest absolute Gasteiger partial charge is 0.189 e. The van der Waals surface area contributed by atoms with Gasteiger partial charge < -0.3 is 14.3 Å². The second-order valence-corrected chi connectivity index (χ2v) is 4.92. The average Bonchev–Trinajstić information content (AvgIpc) is 2.73. The minimum Gasteiger partial charge on any atom is -0.384 e. The molecule has 2 heterocycles. The summed E-state index contributed by atoms with van der Waals surface area (Å²) >= 11 is 0. The summed E-state index contributed by atoms with van der Waals surface area (Å²) in [5.41, 5.74) is 1.76. The molecular weight excluding hydrogens is 218 g/mol. The van der Waals surface area contributed by atoms with Crippen molar-refractivity contribution in [3.8, 4) is 0 Å². The zero-order valence-corrected chi connectivity index (χ0v) is 10.0. The second-order valence-electron chi connectivity index (χ2n) is 4.92. The summed E-state index contributed by atoms with van der Waals surface area (Å²) in [6.45, 7) is 3.06. The predicted molar refractivity (Wildman–Crippen MR) is 63.7 cm³/mol. The first-order valence-corrected chi connectivity index (χ1v) is 6.09. The summed E-state index contributed by atoms with van der Waals surface area (Å²) in [5, 5.41) is 3.98. The van der Waals surface area contributed by atoms with E-state index in [-0.39, 0.29) is 11.9 Å². The Morgan fingerprint density at radius 3 is 2.71 bits per heavy atom. The minimum atomic E-state index is -0.375. The van der Waals surface area contributed by atoms with Crippen molar-refractivity contribution in [2.75, 3.05) is 13.2 Å². The summed E-state index contributed by atoms with van der Waals surface area (Å²) in [5.74, 6) is 0. The van der Waals surface area contributed by atoms with Crippen LogP contribution in [0.3, 0.4) is 0 Å². The zero-order valence-electron chi connectivity index (χ0n) is 10.0. The van der Waals surface area contributed by atoms with E-state index in [0.717, 1.165) is 30.5 Å². The highest BCUT2D eigenvalue weighted by Gasteiger charge is 2.43. The summed E-state index contributed by atoms with van der Waals surface area (Å²) in [6, 6.07) is 0. The normalized spacial score (nSPS) is 36.6. The van der Waals surface area contributed by atoms with Gasteiger partial charge in [0, 0.05) is 12.0 Å². The van der Waals surface area contributed by atoms with Gasteiger partial charge in [-0.1, -0.05) is 23.4 Å². The van der Waals surface area contributed by atoms with Gasteiger partial charge >= 0.3 is 0 Å². The molecule has 0 radical (unpaired) electrons. The number of oxime groups is 1. The lowest BCUT2D eigenvalue weighted by molar-refractivity contribution is -0.244. The Hall–Kier alpha value is -1.13. The van der Waals surface area contributed by atoms with Crippen molar-refractivity contribution in [1.29, 1.82) is 0 Å². The van der Waals surface area contributed by atoms with Gasteiger partial charge in [-0.05, 0) is 19.8 Å². The van der Waals surface area contributed by atoms with E-state index in [4.69, 9.17) is 14.3 Å². The Balaban J connectivity index is 1.61. The molecule has 0 atom stereocenters. The molecule has 0 N–H and O–H groups in total. The summed E-state index contributed by atoms with van der Waals surface area (Å²) in [4.78, 5) is 5.43. The summed E-state index contributed by atoms with van der Waals surface area (Å²) in [7, 11) is 0. The molecule has 92 valence electrons. The van der Waals surface area contributed by atoms with Crippen LogP contribution in [0.1, 0.15) is 26.2 Å². The molecule has 17 heavy (non-hydrogen) atoms. The molecule has 1 fully saturated rings. The van der Waals surface area contributed by atoms with E-state index in [1.807, 2.05) is 6.92 Å². The Kier molecular flexibility index (Phi) is 2.76. The van der Waals surface area contributed by atoms with E-state index in [2.05, 4.69) is 23.4 Å². The predicted octanol–water partition coefficient (Wildman–Crippen LogP) is 2.17. The van der Waals surface area contributed by atoms with Gasteiger partial charge in [-0.2, -0.15) is 0 Å². The lowest BCUT2D eigenvalue weighted by atomic mass is 9.98. The van der Waals surface area contributed by atoms with Crippen molar-refractivity contribution < 1.29 is 14.3 Å². The molecule has 0 aromatic carbocycles. The van der Waals surface area contributed by atoms with Crippen LogP contribution in [-0.2, 0) is 14.3 Å². The van der Waals surface area contributed by atoms with Crippen LogP contribution < -0.4 is 0 Å². The largest absolute Gasteiger partial charge is 0.384 e. The van der Waals surface area contributed by atoms with Crippen molar-refractivity contribution in [2.24, 2.45) is 5.16 Å². The van der Waals surface area contributed by atoms with Gasteiger partial charge in [0.2, 0.25) is 0 Å². The Morgan fingerprint density at radius 1 is 1.29 bits per heavy atom. The third kappa shape index (κ3) is 2.15. The standard InChI is InChI=1S/C13H17NO3/c1-10-7-13(17-14-10)8-15-12(16-9-13)11-5-3-2-4-6-11/h3,5-6,12H,2,4,7-9H2,1H3. The first-order valence-electron chi connectivity index (χ1n) is 6.09. The molecule has 4 heteroatoms. The fourth-order valence-corrected chi connectivity index (χ4v) is 2.41. The van der Waals surface area contributed by atoms with Crippen molar-refractivity contribution in [3.63, 3.8) is 0 Å². The Labute approximate surface area is 101 Å². The van der Waals surface area contributed by atoms with Crippen molar-refractivity contribution >= 4 is 5.71 Å². The highest BCUT2D eigenvalue weighted by Crippen LogP contribution is 2.31. The monoisotopic (exact) mass is 235 g/mol. The van der Waals surface area contributed by atoms with Crippen LogP contribution in [0.2, 0.25) is 0 Å². The molecule has 0 aromatic rings. The molecule has 0 amide bonds. The third-order valence-corrected chi connectivity index (χ3v) is 3.26. The van der Waals surface area contributed by atoms with Crippen molar-refractivity contribution in [3.05, 3.63) is 23.8 Å². The van der Waals surface area contributed by atoms with Crippen molar-refractivity contribution in [1.82, 2.24) is 0 Å².